The van der Waals surface area contributed by atoms with E-state index in [9.17, 15) is 18.0 Å². The molecule has 0 saturated carbocycles. The van der Waals surface area contributed by atoms with Crippen LogP contribution in [0, 0.1) is 6.92 Å². The lowest BCUT2D eigenvalue weighted by atomic mass is 10.2. The minimum atomic E-state index is -4.21. The second-order valence-corrected chi connectivity index (χ2v) is 8.31. The van der Waals surface area contributed by atoms with Crippen molar-refractivity contribution in [3.8, 4) is 12.0 Å². The Kier molecular flexibility index (Phi) is 8.28. The molecule has 0 saturated heterocycles. The van der Waals surface area contributed by atoms with E-state index in [0.717, 1.165) is 12.8 Å². The zero-order chi connectivity index (χ0) is 23.9. The van der Waals surface area contributed by atoms with Gasteiger partial charge in [-0.15, -0.1) is 4.98 Å². The third-order valence-corrected chi connectivity index (χ3v) is 5.29. The Morgan fingerprint density at radius 3 is 2.28 bits per heavy atom. The summed E-state index contributed by atoms with van der Waals surface area (Å²) in [6, 6.07) is -1.40. The average molecular weight is 471 g/mol. The normalized spacial score (nSPS) is 11.0. The summed E-state index contributed by atoms with van der Waals surface area (Å²) in [5.41, 5.74) is 0.669. The topological polar surface area (TPSA) is 179 Å². The number of methoxy groups -OCH3 is 2. The fourth-order valence-corrected chi connectivity index (χ4v) is 3.79. The Bertz CT molecular complexity index is 1060. The predicted octanol–water partition coefficient (Wildman–Crippen LogP) is 0.112. The van der Waals surface area contributed by atoms with Crippen LogP contribution in [0.2, 0.25) is 0 Å². The first-order valence-electron chi connectivity index (χ1n) is 9.56. The van der Waals surface area contributed by atoms with Crippen molar-refractivity contribution in [1.82, 2.24) is 34.8 Å². The summed E-state index contributed by atoms with van der Waals surface area (Å²) in [5, 5.41) is 9.05. The van der Waals surface area contributed by atoms with Crippen LogP contribution in [-0.2, 0) is 22.8 Å². The second-order valence-electron chi connectivity index (χ2n) is 6.59. The summed E-state index contributed by atoms with van der Waals surface area (Å²) in [6.45, 7) is 4.04. The van der Waals surface area contributed by atoms with Gasteiger partial charge in [-0.25, -0.2) is 17.9 Å². The molecule has 2 rings (SSSR count). The van der Waals surface area contributed by atoms with Crippen LogP contribution in [0.3, 0.4) is 0 Å². The van der Waals surface area contributed by atoms with Crippen molar-refractivity contribution in [2.75, 3.05) is 26.1 Å². The van der Waals surface area contributed by atoms with Crippen molar-refractivity contribution in [2.24, 2.45) is 7.05 Å². The van der Waals surface area contributed by atoms with Gasteiger partial charge in [-0.2, -0.15) is 15.1 Å². The van der Waals surface area contributed by atoms with E-state index in [1.165, 1.54) is 25.9 Å². The van der Waals surface area contributed by atoms with Crippen LogP contribution in [0.1, 0.15) is 41.5 Å². The number of aromatic nitrogens is 5. The van der Waals surface area contributed by atoms with E-state index in [0.29, 0.717) is 12.2 Å². The van der Waals surface area contributed by atoms with Crippen molar-refractivity contribution in [1.29, 1.82) is 0 Å². The molecule has 2 aromatic heterocycles. The minimum Gasteiger partial charge on any atom is -0.467 e. The highest BCUT2D eigenvalue weighted by Gasteiger charge is 2.26. The van der Waals surface area contributed by atoms with Gasteiger partial charge in [0.2, 0.25) is 16.0 Å². The van der Waals surface area contributed by atoms with Crippen LogP contribution in [-0.4, -0.2) is 65.9 Å². The molecule has 3 amide bonds. The Labute approximate surface area is 185 Å². The first kappa shape index (κ1) is 24.8. The predicted molar refractivity (Wildman–Crippen MR) is 113 cm³/mol. The molecule has 0 aliphatic rings. The molecule has 15 heteroatoms. The molecule has 0 fully saturated rings. The number of unbranched alkanes of at least 4 members (excludes halogenated alkanes) is 1. The Hall–Kier alpha value is -3.49. The van der Waals surface area contributed by atoms with Gasteiger partial charge in [0.15, 0.2) is 0 Å². The third kappa shape index (κ3) is 6.50. The van der Waals surface area contributed by atoms with Gasteiger partial charge >= 0.3 is 18.1 Å². The number of amides is 3. The number of ether oxygens (including phenoxy) is 2. The van der Waals surface area contributed by atoms with Crippen LogP contribution in [0.25, 0.3) is 0 Å². The number of sulfonamides is 1. The smallest absolute Gasteiger partial charge is 0.335 e. The summed E-state index contributed by atoms with van der Waals surface area (Å²) < 4.78 is 38.1. The standard InChI is InChI=1S/C17H26N8O6S/c1-6-7-8-18-13(26)12-10(2)23-25(3)11(12)9-32(28,29)24-15(27)19-14-20-16(30-4)22-17(21-14)31-5/h6-9H2,1-5H3,(H,18,26)(H2,19,20,21,22,24,27). The maximum atomic E-state index is 12.6. The zero-order valence-corrected chi connectivity index (χ0v) is 19.2. The highest BCUT2D eigenvalue weighted by Crippen LogP contribution is 2.16. The number of carbonyl (C=O) groups excluding carboxylic acids is 2. The molecule has 0 unspecified atom stereocenters. The number of nitrogens with zero attached hydrogens (tertiary/aromatic N) is 5. The number of hydrogen-bond acceptors (Lipinski definition) is 10. The van der Waals surface area contributed by atoms with E-state index >= 15 is 0 Å². The van der Waals surface area contributed by atoms with Crippen LogP contribution < -0.4 is 24.8 Å². The molecule has 0 aliphatic heterocycles. The van der Waals surface area contributed by atoms with Crippen molar-refractivity contribution in [2.45, 2.75) is 32.4 Å². The number of nitrogens with one attached hydrogen (secondary N) is 3. The molecule has 0 aromatic carbocycles. The first-order chi connectivity index (χ1) is 15.1. The van der Waals surface area contributed by atoms with E-state index in [2.05, 4.69) is 30.7 Å². The molecule has 32 heavy (non-hydrogen) atoms. The molecule has 0 atom stereocenters. The maximum absolute atomic E-state index is 12.6. The number of anilines is 1. The zero-order valence-electron chi connectivity index (χ0n) is 18.4. The minimum absolute atomic E-state index is 0.139. The van der Waals surface area contributed by atoms with E-state index in [4.69, 9.17) is 9.47 Å². The summed E-state index contributed by atoms with van der Waals surface area (Å²) in [6.07, 6.45) is 1.68. The summed E-state index contributed by atoms with van der Waals surface area (Å²) in [4.78, 5) is 36.1. The summed E-state index contributed by atoms with van der Waals surface area (Å²) in [7, 11) is -0.0932. The second kappa shape index (κ2) is 10.7. The largest absolute Gasteiger partial charge is 0.467 e. The molecule has 2 aromatic rings. The molecule has 14 nitrogen and oxygen atoms in total. The maximum Gasteiger partial charge on any atom is 0.335 e. The number of rotatable bonds is 10. The van der Waals surface area contributed by atoms with Gasteiger partial charge in [-0.1, -0.05) is 13.3 Å². The van der Waals surface area contributed by atoms with Crippen molar-refractivity contribution < 1.29 is 27.5 Å². The quantitative estimate of drug-likeness (QED) is 0.403. The highest BCUT2D eigenvalue weighted by molar-refractivity contribution is 7.89. The number of urea groups is 1. The summed E-state index contributed by atoms with van der Waals surface area (Å²) >= 11 is 0. The highest BCUT2D eigenvalue weighted by atomic mass is 32.2. The Morgan fingerprint density at radius 1 is 1.09 bits per heavy atom. The lowest BCUT2D eigenvalue weighted by molar-refractivity contribution is 0.0951. The fraction of sp³-hybridized carbons (Fsp3) is 0.529. The molecule has 176 valence electrons. The Morgan fingerprint density at radius 2 is 1.72 bits per heavy atom. The van der Waals surface area contributed by atoms with Gasteiger partial charge in [0.1, 0.15) is 5.75 Å². The molecule has 0 aliphatic carbocycles. The summed E-state index contributed by atoms with van der Waals surface area (Å²) in [5.74, 6) is -1.37. The van der Waals surface area contributed by atoms with Crippen molar-refractivity contribution in [3.63, 3.8) is 0 Å². The lowest BCUT2D eigenvalue weighted by Gasteiger charge is -2.11. The number of carbonyl (C=O) groups is 2. The Balaban J connectivity index is 2.15. The van der Waals surface area contributed by atoms with Crippen molar-refractivity contribution in [3.05, 3.63) is 17.0 Å². The fourth-order valence-electron chi connectivity index (χ4n) is 2.69. The first-order valence-corrected chi connectivity index (χ1v) is 11.2. The van der Waals surface area contributed by atoms with E-state index < -0.39 is 27.7 Å². The van der Waals surface area contributed by atoms with Gasteiger partial charge in [-0.05, 0) is 13.3 Å². The van der Waals surface area contributed by atoms with E-state index in [1.54, 1.807) is 6.92 Å². The van der Waals surface area contributed by atoms with Crippen LogP contribution >= 0.6 is 0 Å². The van der Waals surface area contributed by atoms with Crippen LogP contribution in [0.5, 0.6) is 12.0 Å². The molecular formula is C17H26N8O6S. The molecular weight excluding hydrogens is 444 g/mol. The van der Waals surface area contributed by atoms with Crippen LogP contribution in [0.15, 0.2) is 0 Å². The van der Waals surface area contributed by atoms with E-state index in [-0.39, 0.29) is 29.2 Å². The monoisotopic (exact) mass is 470 g/mol. The van der Waals surface area contributed by atoms with Gasteiger partial charge in [0.25, 0.3) is 5.91 Å². The lowest BCUT2D eigenvalue weighted by Crippen LogP contribution is -2.36. The SMILES string of the molecule is CCCCNC(=O)c1c(C)nn(C)c1CS(=O)(=O)NC(=O)Nc1nc(OC)nc(OC)n1. The van der Waals surface area contributed by atoms with Crippen molar-refractivity contribution >= 4 is 27.9 Å². The molecule has 0 spiro atoms. The third-order valence-electron chi connectivity index (χ3n) is 4.14. The molecule has 2 heterocycles. The molecule has 0 radical (unpaired) electrons. The molecule has 0 bridgehead atoms. The van der Waals surface area contributed by atoms with Gasteiger partial charge < -0.3 is 14.8 Å². The van der Waals surface area contributed by atoms with Gasteiger partial charge in [-0.3, -0.25) is 14.8 Å². The van der Waals surface area contributed by atoms with E-state index in [1.807, 2.05) is 11.6 Å². The van der Waals surface area contributed by atoms with Gasteiger partial charge in [0, 0.05) is 13.6 Å². The van der Waals surface area contributed by atoms with Crippen LogP contribution in [0.4, 0.5) is 10.7 Å². The average Bonchev–Trinajstić information content (AvgIpc) is 2.99. The molecule has 3 N–H and O–H groups in total. The van der Waals surface area contributed by atoms with Gasteiger partial charge in [0.05, 0.1) is 31.2 Å². The number of hydrogen-bond donors (Lipinski definition) is 3. The number of aryl methyl sites for hydroxylation is 2.